The van der Waals surface area contributed by atoms with Crippen molar-refractivity contribution in [2.24, 2.45) is 5.73 Å². The van der Waals surface area contributed by atoms with Crippen molar-refractivity contribution < 1.29 is 14.1 Å². The summed E-state index contributed by atoms with van der Waals surface area (Å²) < 4.78 is 10.0. The topological polar surface area (TPSA) is 103 Å². The SMILES string of the molecule is CCc1noc(-c2ccc(CCNC(=O)C(N)COC)cc2)n1.Cl. The van der Waals surface area contributed by atoms with Gasteiger partial charge in [0.2, 0.25) is 5.91 Å². The Hall–Kier alpha value is -1.96. The summed E-state index contributed by atoms with van der Waals surface area (Å²) in [4.78, 5) is 15.9. The van der Waals surface area contributed by atoms with Gasteiger partial charge in [-0.3, -0.25) is 4.79 Å². The van der Waals surface area contributed by atoms with E-state index in [1.54, 1.807) is 0 Å². The number of carbonyl (C=O) groups is 1. The van der Waals surface area contributed by atoms with Crippen molar-refractivity contribution in [3.8, 4) is 11.5 Å². The minimum atomic E-state index is -0.632. The summed E-state index contributed by atoms with van der Waals surface area (Å²) in [5.41, 5.74) is 7.63. The van der Waals surface area contributed by atoms with Crippen LogP contribution in [0.25, 0.3) is 11.5 Å². The van der Waals surface area contributed by atoms with Crippen LogP contribution in [0, 0.1) is 0 Å². The van der Waals surface area contributed by atoms with E-state index in [0.29, 0.717) is 18.3 Å². The number of aryl methyl sites for hydroxylation is 1. The fourth-order valence-corrected chi connectivity index (χ4v) is 2.05. The molecule has 2 rings (SSSR count). The van der Waals surface area contributed by atoms with Crippen LogP contribution in [0.1, 0.15) is 18.3 Å². The van der Waals surface area contributed by atoms with E-state index >= 15 is 0 Å². The van der Waals surface area contributed by atoms with E-state index in [-0.39, 0.29) is 24.9 Å². The van der Waals surface area contributed by atoms with E-state index in [4.69, 9.17) is 15.0 Å². The minimum Gasteiger partial charge on any atom is -0.383 e. The Balaban J connectivity index is 0.00000288. The molecule has 0 bridgehead atoms. The lowest BCUT2D eigenvalue weighted by atomic mass is 10.1. The number of halogens is 1. The molecule has 0 saturated carbocycles. The number of methoxy groups -OCH3 is 1. The second kappa shape index (κ2) is 10.0. The highest BCUT2D eigenvalue weighted by Gasteiger charge is 2.12. The van der Waals surface area contributed by atoms with Crippen LogP contribution in [0.15, 0.2) is 28.8 Å². The number of amides is 1. The molecule has 0 saturated heterocycles. The maximum Gasteiger partial charge on any atom is 0.257 e. The number of carbonyl (C=O) groups excluding carboxylic acids is 1. The molecule has 1 amide bonds. The Labute approximate surface area is 147 Å². The second-order valence-corrected chi connectivity index (χ2v) is 5.17. The molecule has 0 radical (unpaired) electrons. The Morgan fingerprint density at radius 3 is 2.67 bits per heavy atom. The maximum atomic E-state index is 11.6. The highest BCUT2D eigenvalue weighted by molar-refractivity contribution is 5.85. The molecule has 2 aromatic rings. The predicted octanol–water partition coefficient (Wildman–Crippen LogP) is 1.35. The molecule has 1 aromatic carbocycles. The molecule has 24 heavy (non-hydrogen) atoms. The molecular formula is C16H23ClN4O3. The van der Waals surface area contributed by atoms with Crippen LogP contribution < -0.4 is 11.1 Å². The van der Waals surface area contributed by atoms with Crippen molar-refractivity contribution in [1.82, 2.24) is 15.5 Å². The largest absolute Gasteiger partial charge is 0.383 e. The molecule has 0 aliphatic carbocycles. The molecule has 0 aliphatic rings. The maximum absolute atomic E-state index is 11.6. The van der Waals surface area contributed by atoms with Gasteiger partial charge in [0.15, 0.2) is 5.82 Å². The normalized spacial score (nSPS) is 11.6. The summed E-state index contributed by atoms with van der Waals surface area (Å²) in [5, 5.41) is 6.67. The van der Waals surface area contributed by atoms with Gasteiger partial charge < -0.3 is 20.3 Å². The van der Waals surface area contributed by atoms with Gasteiger partial charge >= 0.3 is 0 Å². The van der Waals surface area contributed by atoms with E-state index < -0.39 is 6.04 Å². The number of aromatic nitrogens is 2. The monoisotopic (exact) mass is 354 g/mol. The molecule has 0 fully saturated rings. The lowest BCUT2D eigenvalue weighted by Crippen LogP contribution is -2.44. The molecule has 1 unspecified atom stereocenters. The average molecular weight is 355 g/mol. The molecule has 8 heteroatoms. The fourth-order valence-electron chi connectivity index (χ4n) is 2.05. The molecule has 1 aromatic heterocycles. The van der Waals surface area contributed by atoms with Crippen LogP contribution in [0.4, 0.5) is 0 Å². The number of hydrogen-bond acceptors (Lipinski definition) is 6. The Kier molecular flexibility index (Phi) is 8.39. The van der Waals surface area contributed by atoms with Gasteiger partial charge in [0.25, 0.3) is 5.89 Å². The summed E-state index contributed by atoms with van der Waals surface area (Å²) in [6.07, 6.45) is 1.46. The van der Waals surface area contributed by atoms with Crippen molar-refractivity contribution in [3.05, 3.63) is 35.7 Å². The van der Waals surface area contributed by atoms with E-state index in [2.05, 4.69) is 15.5 Å². The van der Waals surface area contributed by atoms with Crippen molar-refractivity contribution in [2.75, 3.05) is 20.3 Å². The Morgan fingerprint density at radius 1 is 1.38 bits per heavy atom. The van der Waals surface area contributed by atoms with Gasteiger partial charge in [0.1, 0.15) is 6.04 Å². The average Bonchev–Trinajstić information content (AvgIpc) is 3.04. The van der Waals surface area contributed by atoms with Crippen LogP contribution in [0.5, 0.6) is 0 Å². The fraction of sp³-hybridized carbons (Fsp3) is 0.438. The number of rotatable bonds is 8. The number of nitrogens with two attached hydrogens (primary N) is 1. The summed E-state index contributed by atoms with van der Waals surface area (Å²) in [6.45, 7) is 2.71. The molecular weight excluding hydrogens is 332 g/mol. The Morgan fingerprint density at radius 2 is 2.08 bits per heavy atom. The van der Waals surface area contributed by atoms with Crippen LogP contribution in [0.3, 0.4) is 0 Å². The molecule has 7 nitrogen and oxygen atoms in total. The third-order valence-corrected chi connectivity index (χ3v) is 3.38. The highest BCUT2D eigenvalue weighted by atomic mass is 35.5. The van der Waals surface area contributed by atoms with E-state index in [9.17, 15) is 4.79 Å². The van der Waals surface area contributed by atoms with Crippen LogP contribution in [-0.2, 0) is 22.4 Å². The van der Waals surface area contributed by atoms with Crippen molar-refractivity contribution in [2.45, 2.75) is 25.8 Å². The predicted molar refractivity (Wildman–Crippen MR) is 92.9 cm³/mol. The van der Waals surface area contributed by atoms with E-state index in [0.717, 1.165) is 24.0 Å². The highest BCUT2D eigenvalue weighted by Crippen LogP contribution is 2.18. The molecule has 132 valence electrons. The molecule has 0 aliphatic heterocycles. The zero-order valence-corrected chi connectivity index (χ0v) is 14.6. The van der Waals surface area contributed by atoms with Crippen molar-refractivity contribution >= 4 is 18.3 Å². The first kappa shape index (κ1) is 20.1. The van der Waals surface area contributed by atoms with Gasteiger partial charge in [-0.25, -0.2) is 0 Å². The molecule has 1 atom stereocenters. The van der Waals surface area contributed by atoms with Gasteiger partial charge in [-0.05, 0) is 24.1 Å². The first-order valence-electron chi connectivity index (χ1n) is 7.58. The van der Waals surface area contributed by atoms with Gasteiger partial charge in [-0.1, -0.05) is 24.2 Å². The number of benzene rings is 1. The van der Waals surface area contributed by atoms with E-state index in [1.165, 1.54) is 7.11 Å². The Bertz CT molecular complexity index is 631. The summed E-state index contributed by atoms with van der Waals surface area (Å²) >= 11 is 0. The number of hydrogen-bond donors (Lipinski definition) is 2. The standard InChI is InChI=1S/C16H22N4O3.ClH/c1-3-14-19-16(23-20-14)12-6-4-11(5-7-12)8-9-18-15(21)13(17)10-22-2;/h4-7,13H,3,8-10,17H2,1-2H3,(H,18,21);1H. The number of nitrogens with zero attached hydrogens (tertiary/aromatic N) is 2. The lowest BCUT2D eigenvalue weighted by Gasteiger charge is -2.11. The van der Waals surface area contributed by atoms with Gasteiger partial charge in [0.05, 0.1) is 6.61 Å². The lowest BCUT2D eigenvalue weighted by molar-refractivity contribution is -0.123. The zero-order valence-electron chi connectivity index (χ0n) is 13.8. The summed E-state index contributed by atoms with van der Waals surface area (Å²) in [5.74, 6) is 1.01. The second-order valence-electron chi connectivity index (χ2n) is 5.17. The van der Waals surface area contributed by atoms with Gasteiger partial charge in [0, 0.05) is 25.6 Å². The van der Waals surface area contributed by atoms with Crippen LogP contribution in [0.2, 0.25) is 0 Å². The smallest absolute Gasteiger partial charge is 0.257 e. The van der Waals surface area contributed by atoms with Crippen LogP contribution >= 0.6 is 12.4 Å². The molecule has 1 heterocycles. The first-order chi connectivity index (χ1) is 11.1. The third kappa shape index (κ3) is 5.59. The number of ether oxygens (including phenoxy) is 1. The van der Waals surface area contributed by atoms with E-state index in [1.807, 2.05) is 31.2 Å². The third-order valence-electron chi connectivity index (χ3n) is 3.38. The number of nitrogens with one attached hydrogen (secondary N) is 1. The van der Waals surface area contributed by atoms with Gasteiger partial charge in [-0.2, -0.15) is 4.98 Å². The van der Waals surface area contributed by atoms with Crippen molar-refractivity contribution in [3.63, 3.8) is 0 Å². The molecule has 3 N–H and O–H groups in total. The quantitative estimate of drug-likeness (QED) is 0.741. The minimum absolute atomic E-state index is 0. The first-order valence-corrected chi connectivity index (χ1v) is 7.58. The summed E-state index contributed by atoms with van der Waals surface area (Å²) in [7, 11) is 1.52. The van der Waals surface area contributed by atoms with Gasteiger partial charge in [-0.15, -0.1) is 12.4 Å². The van der Waals surface area contributed by atoms with Crippen molar-refractivity contribution in [1.29, 1.82) is 0 Å². The zero-order chi connectivity index (χ0) is 16.7. The van der Waals surface area contributed by atoms with Crippen LogP contribution in [-0.4, -0.2) is 42.4 Å². The summed E-state index contributed by atoms with van der Waals surface area (Å²) in [6, 6.07) is 7.19. The molecule has 0 spiro atoms.